The molecule has 0 N–H and O–H groups in total. The van der Waals surface area contributed by atoms with Gasteiger partial charge < -0.3 is 4.74 Å². The second kappa shape index (κ2) is 4.32. The molecule has 0 saturated carbocycles. The van der Waals surface area contributed by atoms with Crippen LogP contribution >= 0.6 is 15.9 Å². The third-order valence-corrected chi connectivity index (χ3v) is 2.06. The van der Waals surface area contributed by atoms with Crippen LogP contribution in [-0.4, -0.2) is 18.1 Å². The molecule has 1 aromatic heterocycles. The first-order valence-corrected chi connectivity index (χ1v) is 4.60. The first-order valence-electron chi connectivity index (χ1n) is 3.47. The van der Waals surface area contributed by atoms with Crippen molar-refractivity contribution in [2.24, 2.45) is 0 Å². The van der Waals surface area contributed by atoms with Crippen LogP contribution < -0.4 is 0 Å². The lowest BCUT2D eigenvalue weighted by atomic mass is 10.2. The minimum absolute atomic E-state index is 0.140. The third-order valence-electron chi connectivity index (χ3n) is 1.46. The van der Waals surface area contributed by atoms with Gasteiger partial charge in [-0.1, -0.05) is 15.9 Å². The number of rotatable bonds is 2. The second-order valence-corrected chi connectivity index (χ2v) is 2.85. The number of halogens is 2. The predicted molar refractivity (Wildman–Crippen MR) is 48.2 cm³/mol. The fourth-order valence-corrected chi connectivity index (χ4v) is 1.29. The van der Waals surface area contributed by atoms with Gasteiger partial charge in [0.2, 0.25) is 0 Å². The van der Waals surface area contributed by atoms with Crippen molar-refractivity contribution in [3.8, 4) is 0 Å². The van der Waals surface area contributed by atoms with E-state index in [1.165, 1.54) is 13.2 Å². The minimum atomic E-state index is -0.561. The SMILES string of the molecule is COC(=O)c1ncc(F)cc1CBr. The Morgan fingerprint density at radius 2 is 2.46 bits per heavy atom. The highest BCUT2D eigenvalue weighted by Gasteiger charge is 2.13. The monoisotopic (exact) mass is 247 g/mol. The average molecular weight is 248 g/mol. The maximum absolute atomic E-state index is 12.7. The quantitative estimate of drug-likeness (QED) is 0.592. The number of carbonyl (C=O) groups excluding carboxylic acids is 1. The van der Waals surface area contributed by atoms with Crippen LogP contribution in [0.25, 0.3) is 0 Å². The molecular formula is C8H7BrFNO2. The number of alkyl halides is 1. The Morgan fingerprint density at radius 3 is 3.00 bits per heavy atom. The number of esters is 1. The van der Waals surface area contributed by atoms with Crippen LogP contribution in [0.15, 0.2) is 12.3 Å². The van der Waals surface area contributed by atoms with E-state index in [1.54, 1.807) is 0 Å². The topological polar surface area (TPSA) is 39.2 Å². The summed E-state index contributed by atoms with van der Waals surface area (Å²) in [4.78, 5) is 14.7. The zero-order valence-corrected chi connectivity index (χ0v) is 8.47. The van der Waals surface area contributed by atoms with Crippen LogP contribution in [-0.2, 0) is 10.1 Å². The van der Waals surface area contributed by atoms with Gasteiger partial charge >= 0.3 is 5.97 Å². The molecular weight excluding hydrogens is 241 g/mol. The van der Waals surface area contributed by atoms with E-state index in [-0.39, 0.29) is 5.69 Å². The molecule has 70 valence electrons. The molecule has 1 rings (SSSR count). The molecule has 0 amide bonds. The molecule has 0 saturated heterocycles. The zero-order valence-electron chi connectivity index (χ0n) is 6.88. The van der Waals surface area contributed by atoms with Gasteiger partial charge in [-0.3, -0.25) is 0 Å². The highest BCUT2D eigenvalue weighted by atomic mass is 79.9. The largest absolute Gasteiger partial charge is 0.464 e. The van der Waals surface area contributed by atoms with Crippen molar-refractivity contribution in [2.75, 3.05) is 7.11 Å². The van der Waals surface area contributed by atoms with Crippen LogP contribution in [0.2, 0.25) is 0 Å². The lowest BCUT2D eigenvalue weighted by molar-refractivity contribution is 0.0593. The van der Waals surface area contributed by atoms with Gasteiger partial charge in [0.15, 0.2) is 5.69 Å². The van der Waals surface area contributed by atoms with E-state index in [9.17, 15) is 9.18 Å². The Labute approximate surface area is 83.1 Å². The van der Waals surface area contributed by atoms with Crippen molar-refractivity contribution < 1.29 is 13.9 Å². The molecule has 0 atom stereocenters. The number of nitrogens with zero attached hydrogens (tertiary/aromatic N) is 1. The molecule has 0 radical (unpaired) electrons. The molecule has 1 heterocycles. The Hall–Kier alpha value is -0.970. The summed E-state index contributed by atoms with van der Waals surface area (Å²) in [6.07, 6.45) is 0.985. The molecule has 0 aliphatic carbocycles. The van der Waals surface area contributed by atoms with Gasteiger partial charge in [0.1, 0.15) is 5.82 Å². The number of carbonyl (C=O) groups is 1. The number of hydrogen-bond donors (Lipinski definition) is 0. The smallest absolute Gasteiger partial charge is 0.356 e. The number of aromatic nitrogens is 1. The standard InChI is InChI=1S/C8H7BrFNO2/c1-13-8(12)7-5(3-9)2-6(10)4-11-7/h2,4H,3H2,1H3. The fourth-order valence-electron chi connectivity index (χ4n) is 0.864. The minimum Gasteiger partial charge on any atom is -0.464 e. The highest BCUT2D eigenvalue weighted by Crippen LogP contribution is 2.12. The van der Waals surface area contributed by atoms with Gasteiger partial charge in [-0.15, -0.1) is 0 Å². The van der Waals surface area contributed by atoms with Gasteiger partial charge in [0.05, 0.1) is 13.3 Å². The molecule has 0 fully saturated rings. The molecule has 0 aromatic carbocycles. The van der Waals surface area contributed by atoms with E-state index in [4.69, 9.17) is 0 Å². The van der Waals surface area contributed by atoms with E-state index < -0.39 is 11.8 Å². The van der Waals surface area contributed by atoms with Gasteiger partial charge in [-0.05, 0) is 11.6 Å². The van der Waals surface area contributed by atoms with Crippen molar-refractivity contribution in [3.63, 3.8) is 0 Å². The van der Waals surface area contributed by atoms with Crippen molar-refractivity contribution >= 4 is 21.9 Å². The van der Waals surface area contributed by atoms with E-state index in [1.807, 2.05) is 0 Å². The summed E-state index contributed by atoms with van der Waals surface area (Å²) >= 11 is 3.13. The fraction of sp³-hybridized carbons (Fsp3) is 0.250. The summed E-state index contributed by atoms with van der Waals surface area (Å²) in [7, 11) is 1.26. The van der Waals surface area contributed by atoms with Gasteiger partial charge in [0, 0.05) is 5.33 Å². The van der Waals surface area contributed by atoms with Crippen molar-refractivity contribution in [3.05, 3.63) is 29.3 Å². The molecule has 0 aliphatic rings. The summed E-state index contributed by atoms with van der Waals surface area (Å²) in [5.41, 5.74) is 0.618. The molecule has 0 aliphatic heterocycles. The number of ether oxygens (including phenoxy) is 1. The number of methoxy groups -OCH3 is 1. The van der Waals surface area contributed by atoms with Crippen molar-refractivity contribution in [1.82, 2.24) is 4.98 Å². The lowest BCUT2D eigenvalue weighted by Crippen LogP contribution is -2.08. The molecule has 1 aromatic rings. The molecule has 0 bridgehead atoms. The van der Waals surface area contributed by atoms with Gasteiger partial charge in [0.25, 0.3) is 0 Å². The van der Waals surface area contributed by atoms with E-state index in [0.29, 0.717) is 10.9 Å². The Balaban J connectivity index is 3.13. The molecule has 0 unspecified atom stereocenters. The number of hydrogen-bond acceptors (Lipinski definition) is 3. The van der Waals surface area contributed by atoms with E-state index in [0.717, 1.165) is 6.20 Å². The van der Waals surface area contributed by atoms with Gasteiger partial charge in [-0.25, -0.2) is 14.2 Å². The van der Waals surface area contributed by atoms with Crippen LogP contribution in [0.5, 0.6) is 0 Å². The summed E-state index contributed by atoms with van der Waals surface area (Å²) in [5, 5.41) is 0.363. The van der Waals surface area contributed by atoms with E-state index in [2.05, 4.69) is 25.7 Å². The molecule has 3 nitrogen and oxygen atoms in total. The van der Waals surface area contributed by atoms with Crippen molar-refractivity contribution in [1.29, 1.82) is 0 Å². The highest BCUT2D eigenvalue weighted by molar-refractivity contribution is 9.08. The lowest BCUT2D eigenvalue weighted by Gasteiger charge is -2.03. The second-order valence-electron chi connectivity index (χ2n) is 2.29. The van der Waals surface area contributed by atoms with Crippen LogP contribution in [0.1, 0.15) is 16.1 Å². The Bertz CT molecular complexity index is 330. The van der Waals surface area contributed by atoms with Crippen LogP contribution in [0.4, 0.5) is 4.39 Å². The molecule has 5 heteroatoms. The zero-order chi connectivity index (χ0) is 9.84. The Morgan fingerprint density at radius 1 is 1.77 bits per heavy atom. The maximum atomic E-state index is 12.7. The molecule has 13 heavy (non-hydrogen) atoms. The summed E-state index contributed by atoms with van der Waals surface area (Å²) in [6.45, 7) is 0. The van der Waals surface area contributed by atoms with E-state index >= 15 is 0 Å². The van der Waals surface area contributed by atoms with Gasteiger partial charge in [-0.2, -0.15) is 0 Å². The first-order chi connectivity index (χ1) is 6.19. The summed E-state index contributed by atoms with van der Waals surface area (Å²) < 4.78 is 17.1. The van der Waals surface area contributed by atoms with Crippen molar-refractivity contribution in [2.45, 2.75) is 5.33 Å². The Kier molecular flexibility index (Phi) is 3.36. The summed E-state index contributed by atoms with van der Waals surface area (Å²) in [5.74, 6) is -1.03. The average Bonchev–Trinajstić information content (AvgIpc) is 2.16. The first kappa shape index (κ1) is 10.1. The summed E-state index contributed by atoms with van der Waals surface area (Å²) in [6, 6.07) is 1.24. The maximum Gasteiger partial charge on any atom is 0.356 e. The predicted octanol–water partition coefficient (Wildman–Crippen LogP) is 1.90. The molecule has 0 spiro atoms. The van der Waals surface area contributed by atoms with Crippen LogP contribution in [0.3, 0.4) is 0 Å². The normalized spacial score (nSPS) is 9.77. The third kappa shape index (κ3) is 2.24. The number of pyridine rings is 1. The van der Waals surface area contributed by atoms with Crippen LogP contribution in [0, 0.1) is 5.82 Å².